The quantitative estimate of drug-likeness (QED) is 0.813. The predicted molar refractivity (Wildman–Crippen MR) is 68.0 cm³/mol. The zero-order chi connectivity index (χ0) is 13.6. The third kappa shape index (κ3) is 2.30. The van der Waals surface area contributed by atoms with Crippen molar-refractivity contribution in [3.63, 3.8) is 0 Å². The lowest BCUT2D eigenvalue weighted by atomic mass is 9.78. The van der Waals surface area contributed by atoms with E-state index in [4.69, 9.17) is 14.4 Å². The highest BCUT2D eigenvalue weighted by Gasteiger charge is 2.51. The zero-order valence-corrected chi connectivity index (χ0v) is 11.2. The lowest BCUT2D eigenvalue weighted by Gasteiger charge is -2.32. The molecule has 1 N–H and O–H groups in total. The standard InChI is InChI=1S/C13H18BFO3/c1-12(2)13(3,4)18-14(17-12)10-5-9(8-16)6-11(15)7-10/h5-7,16H,8H2,1-4H3. The van der Waals surface area contributed by atoms with Crippen molar-refractivity contribution in [3.8, 4) is 0 Å². The van der Waals surface area contributed by atoms with Crippen LogP contribution in [0.4, 0.5) is 4.39 Å². The summed E-state index contributed by atoms with van der Waals surface area (Å²) in [6.07, 6.45) is 0. The fourth-order valence-corrected chi connectivity index (χ4v) is 1.88. The van der Waals surface area contributed by atoms with Gasteiger partial charge in [0.15, 0.2) is 0 Å². The first-order valence-corrected chi connectivity index (χ1v) is 6.01. The predicted octanol–water partition coefficient (Wildman–Crippen LogP) is 1.62. The van der Waals surface area contributed by atoms with Crippen LogP contribution in [0.1, 0.15) is 33.3 Å². The number of benzene rings is 1. The molecule has 3 nitrogen and oxygen atoms in total. The minimum Gasteiger partial charge on any atom is -0.399 e. The number of aliphatic hydroxyl groups is 1. The second kappa shape index (κ2) is 4.33. The van der Waals surface area contributed by atoms with Crippen LogP contribution in [-0.2, 0) is 15.9 Å². The summed E-state index contributed by atoms with van der Waals surface area (Å²) in [6, 6.07) is 4.38. The first kappa shape index (κ1) is 13.5. The van der Waals surface area contributed by atoms with Crippen molar-refractivity contribution in [2.75, 3.05) is 0 Å². The van der Waals surface area contributed by atoms with Gasteiger partial charge in [-0.1, -0.05) is 6.07 Å². The van der Waals surface area contributed by atoms with Gasteiger partial charge in [0.2, 0.25) is 0 Å². The minimum absolute atomic E-state index is 0.204. The van der Waals surface area contributed by atoms with E-state index in [2.05, 4.69) is 0 Å². The van der Waals surface area contributed by atoms with E-state index >= 15 is 0 Å². The van der Waals surface area contributed by atoms with Gasteiger partial charge >= 0.3 is 7.12 Å². The third-order valence-electron chi connectivity index (χ3n) is 3.69. The maximum absolute atomic E-state index is 13.4. The van der Waals surface area contributed by atoms with Gasteiger partial charge in [-0.15, -0.1) is 0 Å². The molecule has 0 bridgehead atoms. The second-order valence-electron chi connectivity index (χ2n) is 5.64. The molecule has 1 aliphatic heterocycles. The van der Waals surface area contributed by atoms with Crippen LogP contribution in [0.5, 0.6) is 0 Å². The molecule has 5 heteroatoms. The molecule has 2 rings (SSSR count). The molecule has 0 saturated carbocycles. The molecule has 1 heterocycles. The van der Waals surface area contributed by atoms with Gasteiger partial charge in [0.1, 0.15) is 5.82 Å². The summed E-state index contributed by atoms with van der Waals surface area (Å²) in [5.41, 5.74) is 0.199. The zero-order valence-electron chi connectivity index (χ0n) is 11.2. The van der Waals surface area contributed by atoms with Crippen molar-refractivity contribution >= 4 is 12.6 Å². The summed E-state index contributed by atoms with van der Waals surface area (Å²) in [7, 11) is -0.601. The smallest absolute Gasteiger partial charge is 0.399 e. The normalized spacial score (nSPS) is 21.3. The Morgan fingerprint density at radius 2 is 1.67 bits per heavy atom. The summed E-state index contributed by atoms with van der Waals surface area (Å²) < 4.78 is 25.1. The lowest BCUT2D eigenvalue weighted by molar-refractivity contribution is 0.00578. The van der Waals surface area contributed by atoms with Crippen molar-refractivity contribution in [1.29, 1.82) is 0 Å². The molecule has 0 aromatic heterocycles. The summed E-state index contributed by atoms with van der Waals surface area (Å²) in [6.45, 7) is 7.57. The van der Waals surface area contributed by atoms with Crippen LogP contribution >= 0.6 is 0 Å². The topological polar surface area (TPSA) is 38.7 Å². The molecule has 1 saturated heterocycles. The van der Waals surface area contributed by atoms with Crippen molar-refractivity contribution in [1.82, 2.24) is 0 Å². The molecule has 98 valence electrons. The Hall–Kier alpha value is -0.905. The molecule has 0 unspecified atom stereocenters. The van der Waals surface area contributed by atoms with Crippen LogP contribution in [0.25, 0.3) is 0 Å². The molecule has 1 fully saturated rings. The van der Waals surface area contributed by atoms with Gasteiger partial charge in [0, 0.05) is 0 Å². The van der Waals surface area contributed by atoms with E-state index in [1.807, 2.05) is 27.7 Å². The molecule has 1 aromatic carbocycles. The number of hydrogen-bond acceptors (Lipinski definition) is 3. The van der Waals surface area contributed by atoms with Gasteiger partial charge in [-0.25, -0.2) is 4.39 Å². The van der Waals surface area contributed by atoms with Crippen LogP contribution in [0.3, 0.4) is 0 Å². The van der Waals surface area contributed by atoms with E-state index < -0.39 is 24.1 Å². The number of aliphatic hydroxyl groups excluding tert-OH is 1. The summed E-state index contributed by atoms with van der Waals surface area (Å²) >= 11 is 0. The Morgan fingerprint density at radius 3 is 2.17 bits per heavy atom. The molecule has 0 amide bonds. The van der Waals surface area contributed by atoms with E-state index in [1.54, 1.807) is 6.07 Å². The maximum atomic E-state index is 13.4. The minimum atomic E-state index is -0.601. The number of rotatable bonds is 2. The summed E-state index contributed by atoms with van der Waals surface area (Å²) in [5, 5.41) is 9.09. The third-order valence-corrected chi connectivity index (χ3v) is 3.69. The number of hydrogen-bond donors (Lipinski definition) is 1. The monoisotopic (exact) mass is 252 g/mol. The van der Waals surface area contributed by atoms with Gasteiger partial charge in [0.05, 0.1) is 17.8 Å². The van der Waals surface area contributed by atoms with Gasteiger partial charge in [-0.2, -0.15) is 0 Å². The summed E-state index contributed by atoms with van der Waals surface area (Å²) in [4.78, 5) is 0. The Bertz CT molecular complexity index is 444. The summed E-state index contributed by atoms with van der Waals surface area (Å²) in [5.74, 6) is -0.397. The molecule has 0 spiro atoms. The SMILES string of the molecule is CC1(C)OB(c2cc(F)cc(CO)c2)OC1(C)C. The van der Waals surface area contributed by atoms with E-state index in [1.165, 1.54) is 12.1 Å². The molecular formula is C13H18BFO3. The Balaban J connectivity index is 2.32. The maximum Gasteiger partial charge on any atom is 0.494 e. The average Bonchev–Trinajstić information content (AvgIpc) is 2.47. The van der Waals surface area contributed by atoms with Crippen molar-refractivity contribution in [2.45, 2.75) is 45.5 Å². The number of halogens is 1. The van der Waals surface area contributed by atoms with Crippen molar-refractivity contribution < 1.29 is 18.8 Å². The van der Waals surface area contributed by atoms with E-state index in [-0.39, 0.29) is 6.61 Å². The highest BCUT2D eigenvalue weighted by molar-refractivity contribution is 6.62. The van der Waals surface area contributed by atoms with Gasteiger partial charge in [0.25, 0.3) is 0 Å². The largest absolute Gasteiger partial charge is 0.494 e. The van der Waals surface area contributed by atoms with E-state index in [0.717, 1.165) is 0 Å². The van der Waals surface area contributed by atoms with E-state index in [9.17, 15) is 4.39 Å². The molecule has 0 aliphatic carbocycles. The highest BCUT2D eigenvalue weighted by Crippen LogP contribution is 2.36. The van der Waals surface area contributed by atoms with Crippen molar-refractivity contribution in [2.24, 2.45) is 0 Å². The molecule has 0 atom stereocenters. The van der Waals surface area contributed by atoms with E-state index in [0.29, 0.717) is 11.0 Å². The van der Waals surface area contributed by atoms with Gasteiger partial charge < -0.3 is 14.4 Å². The molecule has 1 aliphatic rings. The molecule has 0 radical (unpaired) electrons. The Kier molecular flexibility index (Phi) is 3.26. The lowest BCUT2D eigenvalue weighted by Crippen LogP contribution is -2.41. The van der Waals surface area contributed by atoms with Gasteiger partial charge in [-0.05, 0) is 50.9 Å². The van der Waals surface area contributed by atoms with Gasteiger partial charge in [-0.3, -0.25) is 0 Å². The molecule has 18 heavy (non-hydrogen) atoms. The van der Waals surface area contributed by atoms with Crippen LogP contribution in [0, 0.1) is 5.82 Å². The second-order valence-corrected chi connectivity index (χ2v) is 5.64. The van der Waals surface area contributed by atoms with Crippen LogP contribution in [0.2, 0.25) is 0 Å². The van der Waals surface area contributed by atoms with Crippen LogP contribution in [-0.4, -0.2) is 23.4 Å². The Morgan fingerprint density at radius 1 is 1.11 bits per heavy atom. The Labute approximate surface area is 107 Å². The van der Waals surface area contributed by atoms with Crippen LogP contribution < -0.4 is 5.46 Å². The molecule has 1 aromatic rings. The van der Waals surface area contributed by atoms with Crippen molar-refractivity contribution in [3.05, 3.63) is 29.6 Å². The first-order chi connectivity index (χ1) is 8.25. The van der Waals surface area contributed by atoms with Crippen LogP contribution in [0.15, 0.2) is 18.2 Å². The molecular weight excluding hydrogens is 234 g/mol. The first-order valence-electron chi connectivity index (χ1n) is 6.01. The average molecular weight is 252 g/mol. The fraction of sp³-hybridized carbons (Fsp3) is 0.538. The fourth-order valence-electron chi connectivity index (χ4n) is 1.88. The highest BCUT2D eigenvalue weighted by atomic mass is 19.1.